The number of hydrogen-bond acceptors (Lipinski definition) is 5. The van der Waals surface area contributed by atoms with E-state index in [9.17, 15) is 18.0 Å². The fraction of sp³-hybridized carbons (Fsp3) is 0.130. The lowest BCUT2D eigenvalue weighted by molar-refractivity contribution is -0.115. The lowest BCUT2D eigenvalue weighted by Crippen LogP contribution is -2.42. The molecule has 2 amide bonds. The van der Waals surface area contributed by atoms with Crippen molar-refractivity contribution in [1.82, 2.24) is 0 Å². The summed E-state index contributed by atoms with van der Waals surface area (Å²) in [7, 11) is -1.07. The van der Waals surface area contributed by atoms with Crippen molar-refractivity contribution in [2.24, 2.45) is 0 Å². The molecule has 8 nitrogen and oxygen atoms in total. The Labute approximate surface area is 196 Å². The van der Waals surface area contributed by atoms with Crippen LogP contribution in [0.5, 0.6) is 5.75 Å². The van der Waals surface area contributed by atoms with Crippen LogP contribution < -0.4 is 19.3 Å². The van der Waals surface area contributed by atoms with Gasteiger partial charge in [-0.3, -0.25) is 18.8 Å². The Balaban J connectivity index is 1.70. The molecule has 0 bridgehead atoms. The van der Waals surface area contributed by atoms with Crippen molar-refractivity contribution in [2.45, 2.75) is 4.90 Å². The van der Waals surface area contributed by atoms with E-state index in [2.05, 4.69) is 5.32 Å². The largest absolute Gasteiger partial charge is 0.497 e. The molecule has 0 spiro atoms. The first kappa shape index (κ1) is 22.6. The number of carbonyl (C=O) groups excluding carboxylic acids is 2. The highest BCUT2D eigenvalue weighted by Gasteiger charge is 2.30. The monoisotopic (exact) mass is 485 g/mol. The Kier molecular flexibility index (Phi) is 6.01. The zero-order valence-electron chi connectivity index (χ0n) is 17.8. The van der Waals surface area contributed by atoms with Crippen molar-refractivity contribution in [3.8, 4) is 5.75 Å². The third kappa shape index (κ3) is 4.24. The molecule has 0 aliphatic carbocycles. The normalized spacial score (nSPS) is 13.2. The van der Waals surface area contributed by atoms with Crippen molar-refractivity contribution in [3.63, 3.8) is 0 Å². The maximum absolute atomic E-state index is 13.4. The van der Waals surface area contributed by atoms with Gasteiger partial charge in [0.2, 0.25) is 5.91 Å². The number of carbonyl (C=O) groups is 2. The summed E-state index contributed by atoms with van der Waals surface area (Å²) >= 11 is 6.28. The van der Waals surface area contributed by atoms with Crippen LogP contribution in [0.1, 0.15) is 10.4 Å². The highest BCUT2D eigenvalue weighted by molar-refractivity contribution is 7.92. The van der Waals surface area contributed by atoms with Gasteiger partial charge in [-0.25, -0.2) is 8.42 Å². The third-order valence-electron chi connectivity index (χ3n) is 5.28. The number of hydrogen-bond donors (Lipinski definition) is 1. The highest BCUT2D eigenvalue weighted by Crippen LogP contribution is 2.32. The molecule has 3 aromatic rings. The number of para-hydroxylation sites is 2. The van der Waals surface area contributed by atoms with Gasteiger partial charge in [0.05, 0.1) is 39.7 Å². The van der Waals surface area contributed by atoms with Crippen molar-refractivity contribution < 1.29 is 22.7 Å². The lowest BCUT2D eigenvalue weighted by Gasteiger charge is -2.29. The van der Waals surface area contributed by atoms with E-state index in [1.165, 1.54) is 37.3 Å². The molecular weight excluding hydrogens is 466 g/mol. The molecule has 0 saturated heterocycles. The first-order valence-corrected chi connectivity index (χ1v) is 11.7. The summed E-state index contributed by atoms with van der Waals surface area (Å²) in [6.07, 6.45) is 0. The van der Waals surface area contributed by atoms with Crippen LogP contribution in [-0.4, -0.2) is 40.9 Å². The van der Waals surface area contributed by atoms with Crippen molar-refractivity contribution in [3.05, 3.63) is 77.3 Å². The van der Waals surface area contributed by atoms with Gasteiger partial charge in [-0.2, -0.15) is 0 Å². The first-order valence-electron chi connectivity index (χ1n) is 9.85. The molecule has 0 fully saturated rings. The summed E-state index contributed by atoms with van der Waals surface area (Å²) in [6.45, 7) is -0.213. The second-order valence-corrected chi connectivity index (χ2v) is 9.65. The minimum Gasteiger partial charge on any atom is -0.497 e. The van der Waals surface area contributed by atoms with Crippen LogP contribution in [0.15, 0.2) is 71.6 Å². The van der Waals surface area contributed by atoms with Crippen molar-refractivity contribution in [2.75, 3.05) is 35.2 Å². The highest BCUT2D eigenvalue weighted by atomic mass is 35.5. The van der Waals surface area contributed by atoms with E-state index < -0.39 is 15.9 Å². The Morgan fingerprint density at radius 1 is 1.09 bits per heavy atom. The smallest absolute Gasteiger partial charge is 0.264 e. The summed E-state index contributed by atoms with van der Waals surface area (Å²) in [6, 6.07) is 17.3. The van der Waals surface area contributed by atoms with E-state index in [0.717, 1.165) is 4.31 Å². The topological polar surface area (TPSA) is 96.0 Å². The Morgan fingerprint density at radius 2 is 1.79 bits per heavy atom. The molecule has 0 saturated carbocycles. The van der Waals surface area contributed by atoms with Gasteiger partial charge < -0.3 is 10.1 Å². The Hall–Kier alpha value is -3.56. The van der Waals surface area contributed by atoms with E-state index >= 15 is 0 Å². The Bertz CT molecular complexity index is 1340. The zero-order chi connectivity index (χ0) is 23.8. The molecule has 0 atom stereocenters. The number of nitrogens with one attached hydrogen (secondary N) is 1. The maximum atomic E-state index is 13.4. The van der Waals surface area contributed by atoms with Crippen molar-refractivity contribution >= 4 is 50.5 Å². The predicted octanol–water partition coefficient (Wildman–Crippen LogP) is 3.77. The van der Waals surface area contributed by atoms with Gasteiger partial charge in [0.1, 0.15) is 12.3 Å². The molecule has 170 valence electrons. The molecule has 1 aliphatic rings. The molecule has 0 radical (unpaired) electrons. The molecule has 3 aromatic carbocycles. The van der Waals surface area contributed by atoms with Crippen LogP contribution in [0.3, 0.4) is 0 Å². The number of nitrogens with zero attached hydrogens (tertiary/aromatic N) is 2. The Morgan fingerprint density at radius 3 is 2.48 bits per heavy atom. The van der Waals surface area contributed by atoms with Gasteiger partial charge in [0.25, 0.3) is 15.9 Å². The van der Waals surface area contributed by atoms with Crippen LogP contribution in [0.4, 0.5) is 17.1 Å². The van der Waals surface area contributed by atoms with Gasteiger partial charge in [0, 0.05) is 7.05 Å². The average molecular weight is 486 g/mol. The quantitative estimate of drug-likeness (QED) is 0.593. The number of sulfonamides is 1. The minimum absolute atomic E-state index is 0.0228. The molecule has 0 unspecified atom stereocenters. The van der Waals surface area contributed by atoms with E-state index in [4.69, 9.17) is 16.3 Å². The van der Waals surface area contributed by atoms with Gasteiger partial charge >= 0.3 is 0 Å². The predicted molar refractivity (Wildman–Crippen MR) is 127 cm³/mol. The summed E-state index contributed by atoms with van der Waals surface area (Å²) in [4.78, 5) is 26.7. The lowest BCUT2D eigenvalue weighted by atomic mass is 10.1. The fourth-order valence-electron chi connectivity index (χ4n) is 3.48. The van der Waals surface area contributed by atoms with E-state index in [1.807, 2.05) is 0 Å². The van der Waals surface area contributed by atoms with Crippen LogP contribution in [0.2, 0.25) is 5.02 Å². The van der Waals surface area contributed by atoms with Crippen LogP contribution in [-0.2, 0) is 14.8 Å². The number of fused-ring (bicyclic) bond motifs is 1. The molecule has 1 aliphatic heterocycles. The third-order valence-corrected chi connectivity index (χ3v) is 7.39. The second-order valence-electron chi connectivity index (χ2n) is 7.27. The van der Waals surface area contributed by atoms with Gasteiger partial charge in [-0.1, -0.05) is 23.7 Å². The first-order chi connectivity index (χ1) is 15.7. The number of ether oxygens (including phenoxy) is 1. The van der Waals surface area contributed by atoms with Gasteiger partial charge in [-0.05, 0) is 54.6 Å². The van der Waals surface area contributed by atoms with Crippen LogP contribution >= 0.6 is 11.6 Å². The molecule has 1 N–H and O–H groups in total. The molecule has 1 heterocycles. The molecule has 33 heavy (non-hydrogen) atoms. The molecule has 10 heteroatoms. The number of amides is 2. The average Bonchev–Trinajstić information content (AvgIpc) is 2.82. The zero-order valence-corrected chi connectivity index (χ0v) is 19.4. The summed E-state index contributed by atoms with van der Waals surface area (Å²) in [5, 5.41) is 2.79. The number of methoxy groups -OCH3 is 1. The summed E-state index contributed by atoms with van der Waals surface area (Å²) < 4.78 is 32.7. The van der Waals surface area contributed by atoms with E-state index in [0.29, 0.717) is 22.8 Å². The number of halogens is 1. The number of rotatable bonds is 5. The SMILES string of the molecule is COc1ccc(N(C)S(=O)(=O)c2ccc(Cl)c(C(=O)N3CC(=O)Nc4ccccc43)c2)cc1. The van der Waals surface area contributed by atoms with E-state index in [-0.39, 0.29) is 27.9 Å². The molecule has 4 rings (SSSR count). The second kappa shape index (κ2) is 8.76. The molecule has 0 aromatic heterocycles. The standard InChI is InChI=1S/C23H20ClN3O5S/c1-26(15-7-9-16(32-2)10-8-15)33(30,31)17-11-12-19(24)18(13-17)23(29)27-14-22(28)25-20-5-3-4-6-21(20)27/h3-13H,14H2,1-2H3,(H,25,28). The summed E-state index contributed by atoms with van der Waals surface area (Å²) in [5.41, 5.74) is 1.38. The van der Waals surface area contributed by atoms with Gasteiger partial charge in [-0.15, -0.1) is 0 Å². The van der Waals surface area contributed by atoms with Crippen molar-refractivity contribution in [1.29, 1.82) is 0 Å². The summed E-state index contributed by atoms with van der Waals surface area (Å²) in [5.74, 6) is -0.345. The minimum atomic E-state index is -4.00. The maximum Gasteiger partial charge on any atom is 0.264 e. The molecular formula is C23H20ClN3O5S. The number of anilines is 3. The van der Waals surface area contributed by atoms with Gasteiger partial charge in [0.15, 0.2) is 0 Å². The van der Waals surface area contributed by atoms with Crippen LogP contribution in [0, 0.1) is 0 Å². The number of benzene rings is 3. The van der Waals surface area contributed by atoms with Crippen LogP contribution in [0.25, 0.3) is 0 Å². The fourth-order valence-corrected chi connectivity index (χ4v) is 4.90. The van der Waals surface area contributed by atoms with E-state index in [1.54, 1.807) is 48.5 Å².